The van der Waals surface area contributed by atoms with Gasteiger partial charge in [-0.1, -0.05) is 6.07 Å². The Bertz CT molecular complexity index is 999. The van der Waals surface area contributed by atoms with Crippen LogP contribution in [0.25, 0.3) is 11.1 Å². The van der Waals surface area contributed by atoms with E-state index >= 15 is 0 Å². The van der Waals surface area contributed by atoms with Crippen LogP contribution < -0.4 is 5.32 Å². The third kappa shape index (κ3) is 6.13. The van der Waals surface area contributed by atoms with Crippen LogP contribution in [0.1, 0.15) is 21.0 Å². The highest BCUT2D eigenvalue weighted by Crippen LogP contribution is 2.26. The lowest BCUT2D eigenvalue weighted by molar-refractivity contribution is -0.159. The maximum atomic E-state index is 12.1. The summed E-state index contributed by atoms with van der Waals surface area (Å²) in [6.45, 7) is 2.87. The van der Waals surface area contributed by atoms with E-state index in [1.807, 2.05) is 38.5 Å². The van der Waals surface area contributed by atoms with E-state index in [0.717, 1.165) is 35.4 Å². The van der Waals surface area contributed by atoms with E-state index in [4.69, 9.17) is 24.2 Å². The number of carbonyl (C=O) groups excluding carboxylic acids is 1. The number of furan rings is 1. The van der Waals surface area contributed by atoms with E-state index in [0.29, 0.717) is 10.7 Å². The SMILES string of the molecule is Cc1oc2ccc(NC(=O)c3cccs3)nc2c1CCN(C)C.O=C(O)C(=O)O. The first kappa shape index (κ1) is 22.1. The number of amides is 1. The Morgan fingerprint density at radius 1 is 1.17 bits per heavy atom. The molecule has 0 spiro atoms. The van der Waals surface area contributed by atoms with Gasteiger partial charge in [0.1, 0.15) is 17.1 Å². The Morgan fingerprint density at radius 2 is 1.86 bits per heavy atom. The Morgan fingerprint density at radius 3 is 2.41 bits per heavy atom. The van der Waals surface area contributed by atoms with E-state index in [1.165, 1.54) is 11.3 Å². The number of nitrogens with one attached hydrogen (secondary N) is 1. The maximum Gasteiger partial charge on any atom is 0.414 e. The van der Waals surface area contributed by atoms with Crippen LogP contribution in [0.15, 0.2) is 34.1 Å². The first-order chi connectivity index (χ1) is 13.7. The van der Waals surface area contributed by atoms with E-state index in [9.17, 15) is 4.79 Å². The van der Waals surface area contributed by atoms with Gasteiger partial charge in [-0.15, -0.1) is 11.3 Å². The third-order valence-electron chi connectivity index (χ3n) is 3.81. The van der Waals surface area contributed by atoms with Crippen LogP contribution >= 0.6 is 11.3 Å². The molecule has 3 rings (SSSR count). The van der Waals surface area contributed by atoms with Crippen molar-refractivity contribution in [2.24, 2.45) is 0 Å². The van der Waals surface area contributed by atoms with Gasteiger partial charge in [0.15, 0.2) is 5.58 Å². The number of pyridine rings is 1. The molecule has 0 atom stereocenters. The van der Waals surface area contributed by atoms with Gasteiger partial charge >= 0.3 is 11.9 Å². The molecule has 3 aromatic rings. The lowest BCUT2D eigenvalue weighted by Crippen LogP contribution is -2.15. The van der Waals surface area contributed by atoms with Gasteiger partial charge in [-0.25, -0.2) is 14.6 Å². The van der Waals surface area contributed by atoms with Gasteiger partial charge in [0, 0.05) is 12.1 Å². The zero-order chi connectivity index (χ0) is 21.6. The van der Waals surface area contributed by atoms with E-state index in [2.05, 4.69) is 15.2 Å². The minimum absolute atomic E-state index is 0.137. The third-order valence-corrected chi connectivity index (χ3v) is 4.68. The molecule has 0 unspecified atom stereocenters. The van der Waals surface area contributed by atoms with E-state index < -0.39 is 11.9 Å². The summed E-state index contributed by atoms with van der Waals surface area (Å²) in [5.41, 5.74) is 2.68. The molecule has 3 heterocycles. The second kappa shape index (κ2) is 9.80. The molecule has 1 amide bonds. The smallest absolute Gasteiger partial charge is 0.414 e. The number of aryl methyl sites for hydroxylation is 1. The quantitative estimate of drug-likeness (QED) is 0.538. The summed E-state index contributed by atoms with van der Waals surface area (Å²) in [5, 5.41) is 19.5. The van der Waals surface area contributed by atoms with Gasteiger partial charge in [0.2, 0.25) is 0 Å². The van der Waals surface area contributed by atoms with Crippen molar-refractivity contribution in [2.75, 3.05) is 26.0 Å². The highest BCUT2D eigenvalue weighted by molar-refractivity contribution is 7.12. The van der Waals surface area contributed by atoms with Crippen molar-refractivity contribution in [3.05, 3.63) is 45.8 Å². The van der Waals surface area contributed by atoms with Crippen molar-refractivity contribution >= 4 is 46.1 Å². The number of aliphatic carboxylic acids is 2. The number of hydrogen-bond donors (Lipinski definition) is 3. The maximum absolute atomic E-state index is 12.1. The molecular formula is C19H21N3O6S. The molecule has 10 heteroatoms. The number of carboxylic acids is 2. The summed E-state index contributed by atoms with van der Waals surface area (Å²) >= 11 is 1.41. The monoisotopic (exact) mass is 419 g/mol. The predicted molar refractivity (Wildman–Crippen MR) is 109 cm³/mol. The molecule has 29 heavy (non-hydrogen) atoms. The van der Waals surface area contributed by atoms with Crippen molar-refractivity contribution in [3.63, 3.8) is 0 Å². The number of anilines is 1. The highest BCUT2D eigenvalue weighted by atomic mass is 32.1. The van der Waals surface area contributed by atoms with E-state index in [-0.39, 0.29) is 5.91 Å². The summed E-state index contributed by atoms with van der Waals surface area (Å²) in [7, 11) is 4.08. The van der Waals surface area contributed by atoms with Crippen LogP contribution in [0.2, 0.25) is 0 Å². The fraction of sp³-hybridized carbons (Fsp3) is 0.263. The standard InChI is InChI=1S/C17H19N3O2S.C2H2O4/c1-11-12(8-9-20(2)3)16-13(22-11)6-7-15(18-16)19-17(21)14-5-4-10-23-14;3-1(4)2(5)6/h4-7,10H,8-9H2,1-3H3,(H,18,19,21);(H,3,4)(H,5,6). The van der Waals surface area contributed by atoms with Crippen molar-refractivity contribution in [2.45, 2.75) is 13.3 Å². The first-order valence-electron chi connectivity index (χ1n) is 8.54. The summed E-state index contributed by atoms with van der Waals surface area (Å²) in [6, 6.07) is 7.28. The average molecular weight is 419 g/mol. The van der Waals surface area contributed by atoms with Crippen LogP contribution in [-0.2, 0) is 16.0 Å². The second-order valence-electron chi connectivity index (χ2n) is 6.28. The van der Waals surface area contributed by atoms with Gasteiger partial charge in [0.05, 0.1) is 4.88 Å². The Hall–Kier alpha value is -3.24. The van der Waals surface area contributed by atoms with Gasteiger partial charge < -0.3 is 24.8 Å². The number of fused-ring (bicyclic) bond motifs is 1. The summed E-state index contributed by atoms with van der Waals surface area (Å²) < 4.78 is 5.77. The van der Waals surface area contributed by atoms with Crippen LogP contribution in [-0.4, -0.2) is 58.6 Å². The van der Waals surface area contributed by atoms with Crippen molar-refractivity contribution in [1.29, 1.82) is 0 Å². The van der Waals surface area contributed by atoms with Crippen LogP contribution in [0.4, 0.5) is 5.82 Å². The molecule has 154 valence electrons. The molecule has 9 nitrogen and oxygen atoms in total. The second-order valence-corrected chi connectivity index (χ2v) is 7.22. The summed E-state index contributed by atoms with van der Waals surface area (Å²) in [6.07, 6.45) is 0.862. The molecule has 0 saturated carbocycles. The summed E-state index contributed by atoms with van der Waals surface area (Å²) in [5.74, 6) is -2.36. The number of likely N-dealkylation sites (N-methyl/N-ethyl adjacent to an activating group) is 1. The van der Waals surface area contributed by atoms with Gasteiger partial charge in [0.25, 0.3) is 5.91 Å². The van der Waals surface area contributed by atoms with Crippen molar-refractivity contribution in [3.8, 4) is 0 Å². The molecule has 0 radical (unpaired) electrons. The minimum Gasteiger partial charge on any atom is -0.473 e. The number of thiophene rings is 1. The van der Waals surface area contributed by atoms with Crippen molar-refractivity contribution in [1.82, 2.24) is 9.88 Å². The fourth-order valence-electron chi connectivity index (χ4n) is 2.42. The number of aromatic nitrogens is 1. The zero-order valence-corrected chi connectivity index (χ0v) is 16.9. The molecular weight excluding hydrogens is 398 g/mol. The van der Waals surface area contributed by atoms with Crippen LogP contribution in [0.3, 0.4) is 0 Å². The molecule has 0 bridgehead atoms. The number of carbonyl (C=O) groups is 3. The van der Waals surface area contributed by atoms with Gasteiger partial charge in [-0.2, -0.15) is 0 Å². The highest BCUT2D eigenvalue weighted by Gasteiger charge is 2.15. The normalized spacial score (nSPS) is 10.5. The number of carboxylic acid groups (broad SMARTS) is 2. The molecule has 3 aromatic heterocycles. The number of rotatable bonds is 5. The Balaban J connectivity index is 0.000000438. The number of hydrogen-bond acceptors (Lipinski definition) is 7. The molecule has 0 fully saturated rings. The predicted octanol–water partition coefficient (Wildman–Crippen LogP) is 2.71. The molecule has 0 aliphatic heterocycles. The van der Waals surface area contributed by atoms with Gasteiger partial charge in [-0.05, 0) is 51.0 Å². The Labute approximate surface area is 170 Å². The average Bonchev–Trinajstić information content (AvgIpc) is 3.28. The first-order valence-corrected chi connectivity index (χ1v) is 9.41. The molecule has 0 saturated heterocycles. The minimum atomic E-state index is -1.82. The van der Waals surface area contributed by atoms with E-state index in [1.54, 1.807) is 12.1 Å². The number of nitrogens with zero attached hydrogens (tertiary/aromatic N) is 2. The summed E-state index contributed by atoms with van der Waals surface area (Å²) in [4.78, 5) is 37.7. The Kier molecular flexibility index (Phi) is 7.46. The molecule has 0 aromatic carbocycles. The topological polar surface area (TPSA) is 133 Å². The van der Waals surface area contributed by atoms with Gasteiger partial charge in [-0.3, -0.25) is 4.79 Å². The van der Waals surface area contributed by atoms with Crippen LogP contribution in [0, 0.1) is 6.92 Å². The largest absolute Gasteiger partial charge is 0.473 e. The molecule has 3 N–H and O–H groups in total. The van der Waals surface area contributed by atoms with Crippen LogP contribution in [0.5, 0.6) is 0 Å². The van der Waals surface area contributed by atoms with Crippen molar-refractivity contribution < 1.29 is 29.0 Å². The zero-order valence-electron chi connectivity index (χ0n) is 16.1. The molecule has 0 aliphatic rings. The lowest BCUT2D eigenvalue weighted by Gasteiger charge is -2.08. The fourth-order valence-corrected chi connectivity index (χ4v) is 3.04. The molecule has 0 aliphatic carbocycles. The lowest BCUT2D eigenvalue weighted by atomic mass is 10.1.